The van der Waals surface area contributed by atoms with Crippen LogP contribution in [0.3, 0.4) is 0 Å². The summed E-state index contributed by atoms with van der Waals surface area (Å²) in [6, 6.07) is 11.7. The molecule has 0 unspecified atom stereocenters. The molecule has 0 aliphatic heterocycles. The third-order valence-electron chi connectivity index (χ3n) is 3.92. The third-order valence-corrected chi connectivity index (χ3v) is 3.92. The van der Waals surface area contributed by atoms with Gasteiger partial charge in [0.15, 0.2) is 6.10 Å². The fourth-order valence-electron chi connectivity index (χ4n) is 2.61. The molecule has 0 fully saturated rings. The molecule has 2 aromatic rings. The number of hydrogen-bond donors (Lipinski definition) is 1. The molecule has 140 valence electrons. The standard InChI is InChI=1S/C20H21F3O3/c1-19(2,3)15-9-4-5-10-16(15)26-17(18(24)25)12-13-7-6-8-14(11-13)20(21,22)23/h4-11,17H,12H2,1-3H3,(H,24,25)/t17-/m0/s1. The van der Waals surface area contributed by atoms with E-state index < -0.39 is 23.8 Å². The summed E-state index contributed by atoms with van der Waals surface area (Å²) in [6.07, 6.45) is -5.94. The number of carboxylic acids is 1. The second-order valence-corrected chi connectivity index (χ2v) is 7.09. The molecule has 1 N–H and O–H groups in total. The average Bonchev–Trinajstić information content (AvgIpc) is 2.53. The Kier molecular flexibility index (Phi) is 5.64. The van der Waals surface area contributed by atoms with Gasteiger partial charge in [0.1, 0.15) is 5.75 Å². The Labute approximate surface area is 150 Å². The maximum absolute atomic E-state index is 12.8. The highest BCUT2D eigenvalue weighted by Gasteiger charge is 2.31. The van der Waals surface area contributed by atoms with Crippen LogP contribution in [0.5, 0.6) is 5.75 Å². The minimum absolute atomic E-state index is 0.169. The van der Waals surface area contributed by atoms with Crippen LogP contribution in [-0.4, -0.2) is 17.2 Å². The lowest BCUT2D eigenvalue weighted by Crippen LogP contribution is -2.30. The minimum atomic E-state index is -4.48. The van der Waals surface area contributed by atoms with Gasteiger partial charge < -0.3 is 9.84 Å². The number of aliphatic carboxylic acids is 1. The number of halogens is 3. The van der Waals surface area contributed by atoms with Crippen molar-refractivity contribution >= 4 is 5.97 Å². The SMILES string of the molecule is CC(C)(C)c1ccccc1O[C@@H](Cc1cccc(C(F)(F)F)c1)C(=O)O. The van der Waals surface area contributed by atoms with Gasteiger partial charge >= 0.3 is 12.1 Å². The number of alkyl halides is 3. The summed E-state index contributed by atoms with van der Waals surface area (Å²) < 4.78 is 44.2. The number of para-hydroxylation sites is 1. The molecule has 0 saturated carbocycles. The number of benzene rings is 2. The van der Waals surface area contributed by atoms with Crippen LogP contribution in [0.2, 0.25) is 0 Å². The third kappa shape index (κ3) is 5.00. The second kappa shape index (κ2) is 7.40. The van der Waals surface area contributed by atoms with Gasteiger partial charge in [0, 0.05) is 6.42 Å². The van der Waals surface area contributed by atoms with E-state index in [4.69, 9.17) is 4.74 Å². The molecule has 2 aromatic carbocycles. The zero-order valence-electron chi connectivity index (χ0n) is 14.8. The fourth-order valence-corrected chi connectivity index (χ4v) is 2.61. The molecule has 0 aromatic heterocycles. The van der Waals surface area contributed by atoms with Gasteiger partial charge in [0.2, 0.25) is 0 Å². The molecule has 26 heavy (non-hydrogen) atoms. The predicted molar refractivity (Wildman–Crippen MR) is 92.3 cm³/mol. The topological polar surface area (TPSA) is 46.5 Å². The summed E-state index contributed by atoms with van der Waals surface area (Å²) >= 11 is 0. The molecule has 0 amide bonds. The van der Waals surface area contributed by atoms with E-state index in [0.29, 0.717) is 5.75 Å². The van der Waals surface area contributed by atoms with Gasteiger partial charge in [-0.3, -0.25) is 0 Å². The van der Waals surface area contributed by atoms with Crippen LogP contribution in [0.1, 0.15) is 37.5 Å². The molecule has 0 aliphatic carbocycles. The summed E-state index contributed by atoms with van der Waals surface area (Å²) in [4.78, 5) is 11.6. The summed E-state index contributed by atoms with van der Waals surface area (Å²) in [7, 11) is 0. The molecule has 0 spiro atoms. The van der Waals surface area contributed by atoms with Crippen LogP contribution < -0.4 is 4.74 Å². The predicted octanol–water partition coefficient (Wildman–Crippen LogP) is 5.08. The first-order valence-corrected chi connectivity index (χ1v) is 8.13. The molecule has 0 bridgehead atoms. The zero-order chi connectivity index (χ0) is 19.5. The number of ether oxygens (including phenoxy) is 1. The largest absolute Gasteiger partial charge is 0.478 e. The number of carbonyl (C=O) groups is 1. The first-order valence-electron chi connectivity index (χ1n) is 8.13. The van der Waals surface area contributed by atoms with Gasteiger partial charge in [-0.25, -0.2) is 4.79 Å². The van der Waals surface area contributed by atoms with E-state index >= 15 is 0 Å². The molecule has 1 atom stereocenters. The van der Waals surface area contributed by atoms with Gasteiger partial charge in [0.05, 0.1) is 5.56 Å². The highest BCUT2D eigenvalue weighted by molar-refractivity contribution is 5.73. The molecule has 2 rings (SSSR count). The van der Waals surface area contributed by atoms with Crippen molar-refractivity contribution in [1.29, 1.82) is 0 Å². The van der Waals surface area contributed by atoms with E-state index in [1.54, 1.807) is 12.1 Å². The Bertz CT molecular complexity index is 776. The molecular weight excluding hydrogens is 345 g/mol. The smallest absolute Gasteiger partial charge is 0.416 e. The second-order valence-electron chi connectivity index (χ2n) is 7.09. The quantitative estimate of drug-likeness (QED) is 0.803. The monoisotopic (exact) mass is 366 g/mol. The van der Waals surface area contributed by atoms with Gasteiger partial charge in [-0.1, -0.05) is 57.2 Å². The van der Waals surface area contributed by atoms with Crippen LogP contribution in [-0.2, 0) is 22.8 Å². The molecule has 3 nitrogen and oxygen atoms in total. The highest BCUT2D eigenvalue weighted by atomic mass is 19.4. The molecule has 0 saturated heterocycles. The molecule has 0 radical (unpaired) electrons. The van der Waals surface area contributed by atoms with Crippen molar-refractivity contribution in [1.82, 2.24) is 0 Å². The lowest BCUT2D eigenvalue weighted by atomic mass is 9.86. The lowest BCUT2D eigenvalue weighted by molar-refractivity contribution is -0.145. The molecule has 0 aliphatic rings. The summed E-state index contributed by atoms with van der Waals surface area (Å²) in [6.45, 7) is 5.91. The van der Waals surface area contributed by atoms with Crippen molar-refractivity contribution in [2.24, 2.45) is 0 Å². The average molecular weight is 366 g/mol. The first-order chi connectivity index (χ1) is 12.0. The van der Waals surface area contributed by atoms with Crippen molar-refractivity contribution in [2.75, 3.05) is 0 Å². The van der Waals surface area contributed by atoms with Crippen LogP contribution in [0.25, 0.3) is 0 Å². The van der Waals surface area contributed by atoms with E-state index in [-0.39, 0.29) is 17.4 Å². The maximum atomic E-state index is 12.8. The Hall–Kier alpha value is -2.50. The van der Waals surface area contributed by atoms with Gasteiger partial charge in [-0.05, 0) is 28.7 Å². The van der Waals surface area contributed by atoms with E-state index in [9.17, 15) is 23.1 Å². The van der Waals surface area contributed by atoms with Crippen molar-refractivity contribution < 1.29 is 27.8 Å². The van der Waals surface area contributed by atoms with Crippen LogP contribution in [0.4, 0.5) is 13.2 Å². The molecule has 0 heterocycles. The Morgan fingerprint density at radius 1 is 1.08 bits per heavy atom. The Morgan fingerprint density at radius 2 is 1.73 bits per heavy atom. The van der Waals surface area contributed by atoms with Crippen molar-refractivity contribution in [3.8, 4) is 5.75 Å². The first kappa shape index (κ1) is 19.8. The molecule has 6 heteroatoms. The van der Waals surface area contributed by atoms with Crippen LogP contribution >= 0.6 is 0 Å². The lowest BCUT2D eigenvalue weighted by Gasteiger charge is -2.25. The molecular formula is C20H21F3O3. The number of hydrogen-bond acceptors (Lipinski definition) is 2. The summed E-state index contributed by atoms with van der Waals surface area (Å²) in [5, 5.41) is 9.47. The van der Waals surface area contributed by atoms with Crippen molar-refractivity contribution in [3.05, 3.63) is 65.2 Å². The van der Waals surface area contributed by atoms with Crippen molar-refractivity contribution in [2.45, 2.75) is 44.9 Å². The number of carboxylic acid groups (broad SMARTS) is 1. The Morgan fingerprint density at radius 3 is 2.31 bits per heavy atom. The van der Waals surface area contributed by atoms with E-state index in [0.717, 1.165) is 17.7 Å². The van der Waals surface area contributed by atoms with Gasteiger partial charge in [-0.2, -0.15) is 13.2 Å². The Balaban J connectivity index is 2.28. The zero-order valence-corrected chi connectivity index (χ0v) is 14.8. The van der Waals surface area contributed by atoms with Crippen molar-refractivity contribution in [3.63, 3.8) is 0 Å². The fraction of sp³-hybridized carbons (Fsp3) is 0.350. The van der Waals surface area contributed by atoms with E-state index in [1.807, 2.05) is 32.9 Å². The van der Waals surface area contributed by atoms with E-state index in [2.05, 4.69) is 0 Å². The summed E-state index contributed by atoms with van der Waals surface area (Å²) in [5.74, 6) is -0.814. The van der Waals surface area contributed by atoms with Gasteiger partial charge in [-0.15, -0.1) is 0 Å². The van der Waals surface area contributed by atoms with Crippen LogP contribution in [0.15, 0.2) is 48.5 Å². The van der Waals surface area contributed by atoms with E-state index in [1.165, 1.54) is 12.1 Å². The van der Waals surface area contributed by atoms with Crippen LogP contribution in [0, 0.1) is 0 Å². The summed E-state index contributed by atoms with van der Waals surface area (Å²) in [5.41, 5.74) is 0.000498. The maximum Gasteiger partial charge on any atom is 0.416 e. The van der Waals surface area contributed by atoms with Gasteiger partial charge in [0.25, 0.3) is 0 Å². The normalized spacial score (nSPS) is 13.3. The minimum Gasteiger partial charge on any atom is -0.478 e. The highest BCUT2D eigenvalue weighted by Crippen LogP contribution is 2.33. The number of rotatable bonds is 5.